The highest BCUT2D eigenvalue weighted by Gasteiger charge is 2.23. The Balaban J connectivity index is 1.74. The Morgan fingerprint density at radius 2 is 1.95 bits per heavy atom. The monoisotopic (exact) mass is 259 g/mol. The van der Waals surface area contributed by atoms with Crippen LogP contribution in [0, 0.1) is 0 Å². The van der Waals surface area contributed by atoms with E-state index < -0.39 is 0 Å². The second-order valence-electron chi connectivity index (χ2n) is 5.50. The zero-order chi connectivity index (χ0) is 13.2. The van der Waals surface area contributed by atoms with E-state index in [1.165, 1.54) is 11.3 Å². The number of aryl methyl sites for hydroxylation is 1. The first kappa shape index (κ1) is 12.3. The van der Waals surface area contributed by atoms with E-state index >= 15 is 0 Å². The summed E-state index contributed by atoms with van der Waals surface area (Å²) in [5.41, 5.74) is 9.11. The third-order valence-corrected chi connectivity index (χ3v) is 4.10. The van der Waals surface area contributed by atoms with E-state index in [2.05, 4.69) is 11.0 Å². The van der Waals surface area contributed by atoms with E-state index in [0.29, 0.717) is 6.54 Å². The van der Waals surface area contributed by atoms with Crippen LogP contribution in [0.4, 0.5) is 11.4 Å². The largest absolute Gasteiger partial charge is 0.399 e. The van der Waals surface area contributed by atoms with E-state index in [1.54, 1.807) is 0 Å². The fraction of sp³-hybridized carbons (Fsp3) is 0.533. The maximum atomic E-state index is 12.2. The lowest BCUT2D eigenvalue weighted by molar-refractivity contribution is -0.128. The van der Waals surface area contributed by atoms with Gasteiger partial charge in [0.25, 0.3) is 0 Å². The zero-order valence-corrected chi connectivity index (χ0v) is 11.3. The summed E-state index contributed by atoms with van der Waals surface area (Å²) in [6.45, 7) is 3.34. The van der Waals surface area contributed by atoms with Crippen molar-refractivity contribution >= 4 is 17.3 Å². The fourth-order valence-electron chi connectivity index (χ4n) is 3.09. The molecular formula is C15H21N3O. The van der Waals surface area contributed by atoms with Crippen molar-refractivity contribution in [2.45, 2.75) is 25.7 Å². The highest BCUT2D eigenvalue weighted by Crippen LogP contribution is 2.28. The summed E-state index contributed by atoms with van der Waals surface area (Å²) in [6.07, 6.45) is 4.47. The molecule has 1 aromatic carbocycles. The van der Waals surface area contributed by atoms with Gasteiger partial charge in [-0.1, -0.05) is 0 Å². The van der Waals surface area contributed by atoms with Gasteiger partial charge in [-0.25, -0.2) is 0 Å². The summed E-state index contributed by atoms with van der Waals surface area (Å²) in [4.78, 5) is 16.4. The van der Waals surface area contributed by atoms with Gasteiger partial charge in [0.15, 0.2) is 0 Å². The number of carbonyl (C=O) groups is 1. The molecule has 1 aromatic rings. The molecule has 0 saturated carbocycles. The molecule has 4 nitrogen and oxygen atoms in total. The third kappa shape index (κ3) is 2.53. The van der Waals surface area contributed by atoms with Gasteiger partial charge in [-0.05, 0) is 49.4 Å². The molecule has 0 aromatic heterocycles. The number of carbonyl (C=O) groups excluding carboxylic acids is 1. The van der Waals surface area contributed by atoms with Crippen molar-refractivity contribution in [2.75, 3.05) is 36.8 Å². The molecule has 19 heavy (non-hydrogen) atoms. The minimum Gasteiger partial charge on any atom is -0.399 e. The van der Waals surface area contributed by atoms with Crippen LogP contribution in [0.25, 0.3) is 0 Å². The number of nitrogens with two attached hydrogens (primary N) is 1. The summed E-state index contributed by atoms with van der Waals surface area (Å²) < 4.78 is 0. The standard InChI is InChI=1S/C15H21N3O/c16-13-5-6-14-12(10-13)4-3-9-18(14)11-15(19)17-7-1-2-8-17/h5-6,10H,1-4,7-9,11,16H2. The van der Waals surface area contributed by atoms with Crippen molar-refractivity contribution in [3.63, 3.8) is 0 Å². The molecule has 1 amide bonds. The molecule has 2 aliphatic rings. The lowest BCUT2D eigenvalue weighted by Gasteiger charge is -2.32. The van der Waals surface area contributed by atoms with E-state index in [0.717, 1.165) is 51.0 Å². The number of hydrogen-bond acceptors (Lipinski definition) is 3. The lowest BCUT2D eigenvalue weighted by atomic mass is 10.0. The van der Waals surface area contributed by atoms with Crippen molar-refractivity contribution < 1.29 is 4.79 Å². The number of nitrogen functional groups attached to an aromatic ring is 1. The Labute approximate surface area is 114 Å². The predicted molar refractivity (Wildman–Crippen MR) is 77.2 cm³/mol. The van der Waals surface area contributed by atoms with E-state index in [1.807, 2.05) is 17.0 Å². The quantitative estimate of drug-likeness (QED) is 0.822. The number of benzene rings is 1. The minimum absolute atomic E-state index is 0.266. The Morgan fingerprint density at radius 3 is 2.74 bits per heavy atom. The Morgan fingerprint density at radius 1 is 1.16 bits per heavy atom. The van der Waals surface area contributed by atoms with Crippen LogP contribution in [-0.2, 0) is 11.2 Å². The minimum atomic E-state index is 0.266. The molecule has 1 saturated heterocycles. The van der Waals surface area contributed by atoms with Crippen LogP contribution in [-0.4, -0.2) is 37.0 Å². The average Bonchev–Trinajstić information content (AvgIpc) is 2.92. The number of nitrogens with zero attached hydrogens (tertiary/aromatic N) is 2. The summed E-state index contributed by atoms with van der Waals surface area (Å²) in [6, 6.07) is 6.03. The highest BCUT2D eigenvalue weighted by molar-refractivity contribution is 5.82. The molecule has 0 aliphatic carbocycles. The summed E-state index contributed by atoms with van der Waals surface area (Å²) in [7, 11) is 0. The van der Waals surface area contributed by atoms with Gasteiger partial charge in [0.1, 0.15) is 0 Å². The van der Waals surface area contributed by atoms with Gasteiger partial charge in [0, 0.05) is 31.0 Å². The summed E-state index contributed by atoms with van der Waals surface area (Å²) in [5, 5.41) is 0. The predicted octanol–water partition coefficient (Wildman–Crippen LogP) is 1.64. The molecule has 1 fully saturated rings. The molecular weight excluding hydrogens is 238 g/mol. The molecule has 2 heterocycles. The number of amides is 1. The number of likely N-dealkylation sites (tertiary alicyclic amines) is 1. The zero-order valence-electron chi connectivity index (χ0n) is 11.3. The topological polar surface area (TPSA) is 49.6 Å². The van der Waals surface area contributed by atoms with E-state index in [4.69, 9.17) is 5.73 Å². The Kier molecular flexibility index (Phi) is 3.32. The molecule has 0 atom stereocenters. The number of fused-ring (bicyclic) bond motifs is 1. The Bertz CT molecular complexity index is 480. The highest BCUT2D eigenvalue weighted by atomic mass is 16.2. The fourth-order valence-corrected chi connectivity index (χ4v) is 3.09. The second kappa shape index (κ2) is 5.11. The van der Waals surface area contributed by atoms with Gasteiger partial charge in [-0.3, -0.25) is 4.79 Å². The van der Waals surface area contributed by atoms with Crippen LogP contribution >= 0.6 is 0 Å². The molecule has 0 spiro atoms. The first-order chi connectivity index (χ1) is 9.24. The molecule has 102 valence electrons. The molecule has 3 rings (SSSR count). The second-order valence-corrected chi connectivity index (χ2v) is 5.50. The van der Waals surface area contributed by atoms with Gasteiger partial charge in [0.2, 0.25) is 5.91 Å². The molecule has 0 bridgehead atoms. The molecule has 4 heteroatoms. The maximum absolute atomic E-state index is 12.2. The van der Waals surface area contributed by atoms with Crippen LogP contribution in [0.15, 0.2) is 18.2 Å². The number of hydrogen-bond donors (Lipinski definition) is 1. The first-order valence-electron chi connectivity index (χ1n) is 7.15. The van der Waals surface area contributed by atoms with Gasteiger partial charge in [-0.15, -0.1) is 0 Å². The van der Waals surface area contributed by atoms with Crippen LogP contribution < -0.4 is 10.6 Å². The van der Waals surface area contributed by atoms with Crippen molar-refractivity contribution in [1.29, 1.82) is 0 Å². The van der Waals surface area contributed by atoms with Crippen molar-refractivity contribution in [2.24, 2.45) is 0 Å². The van der Waals surface area contributed by atoms with Gasteiger partial charge >= 0.3 is 0 Å². The molecule has 0 unspecified atom stereocenters. The summed E-state index contributed by atoms with van der Waals surface area (Å²) in [5.74, 6) is 0.266. The SMILES string of the molecule is Nc1ccc2c(c1)CCCN2CC(=O)N1CCCC1. The van der Waals surface area contributed by atoms with Crippen molar-refractivity contribution in [3.05, 3.63) is 23.8 Å². The third-order valence-electron chi connectivity index (χ3n) is 4.10. The number of rotatable bonds is 2. The molecule has 2 N–H and O–H groups in total. The number of anilines is 2. The first-order valence-corrected chi connectivity index (χ1v) is 7.15. The molecule has 2 aliphatic heterocycles. The van der Waals surface area contributed by atoms with E-state index in [-0.39, 0.29) is 5.91 Å². The lowest BCUT2D eigenvalue weighted by Crippen LogP contribution is -2.41. The van der Waals surface area contributed by atoms with Gasteiger partial charge in [-0.2, -0.15) is 0 Å². The van der Waals surface area contributed by atoms with Crippen LogP contribution in [0.1, 0.15) is 24.8 Å². The van der Waals surface area contributed by atoms with Crippen molar-refractivity contribution in [3.8, 4) is 0 Å². The maximum Gasteiger partial charge on any atom is 0.242 e. The smallest absolute Gasteiger partial charge is 0.242 e. The average molecular weight is 259 g/mol. The van der Waals surface area contributed by atoms with Crippen LogP contribution in [0.2, 0.25) is 0 Å². The normalized spacial score (nSPS) is 18.5. The van der Waals surface area contributed by atoms with Crippen LogP contribution in [0.5, 0.6) is 0 Å². The van der Waals surface area contributed by atoms with Crippen LogP contribution in [0.3, 0.4) is 0 Å². The van der Waals surface area contributed by atoms with Gasteiger partial charge < -0.3 is 15.5 Å². The van der Waals surface area contributed by atoms with Gasteiger partial charge in [0.05, 0.1) is 6.54 Å². The van der Waals surface area contributed by atoms with Crippen molar-refractivity contribution in [1.82, 2.24) is 4.90 Å². The summed E-state index contributed by atoms with van der Waals surface area (Å²) >= 11 is 0. The Hall–Kier alpha value is -1.71. The van der Waals surface area contributed by atoms with E-state index in [9.17, 15) is 4.79 Å². The molecule has 0 radical (unpaired) electrons.